The minimum absolute atomic E-state index is 0.0171. The number of carboxylic acids is 1. The van der Waals surface area contributed by atoms with Crippen molar-refractivity contribution >= 4 is 57.9 Å². The third-order valence-corrected chi connectivity index (χ3v) is 6.47. The maximum absolute atomic E-state index is 13.4. The molecule has 1 aliphatic heterocycles. The average Bonchev–Trinajstić information content (AvgIpc) is 3.44. The van der Waals surface area contributed by atoms with Crippen LogP contribution in [0, 0.1) is 0 Å². The van der Waals surface area contributed by atoms with Crippen LogP contribution in [0.15, 0.2) is 105 Å². The molecule has 0 unspecified atom stereocenters. The van der Waals surface area contributed by atoms with Crippen molar-refractivity contribution in [2.45, 2.75) is 0 Å². The summed E-state index contributed by atoms with van der Waals surface area (Å²) in [4.78, 5) is 31.3. The van der Waals surface area contributed by atoms with Gasteiger partial charge < -0.3 is 9.52 Å². The smallest absolute Gasteiger partial charge is 0.337 e. The molecule has 4 aromatic rings. The number of carbonyl (C=O) groups excluding carboxylic acids is 1. The lowest BCUT2D eigenvalue weighted by Gasteiger charge is -2.15. The van der Waals surface area contributed by atoms with Crippen molar-refractivity contribution in [2.24, 2.45) is 4.99 Å². The number of carboxylic acid groups (broad SMARTS) is 1. The first-order chi connectivity index (χ1) is 17.0. The number of hydrogen-bond donors (Lipinski definition) is 1. The van der Waals surface area contributed by atoms with E-state index in [9.17, 15) is 14.7 Å². The first-order valence-corrected chi connectivity index (χ1v) is 11.7. The number of rotatable bonds is 5. The van der Waals surface area contributed by atoms with Gasteiger partial charge >= 0.3 is 5.97 Å². The number of hydrogen-bond acceptors (Lipinski definition) is 5. The molecule has 6 nitrogen and oxygen atoms in total. The molecule has 0 saturated carbocycles. The summed E-state index contributed by atoms with van der Waals surface area (Å²) < 4.78 is 5.92. The molecule has 8 heteroatoms. The van der Waals surface area contributed by atoms with Gasteiger partial charge in [0.15, 0.2) is 5.17 Å². The summed E-state index contributed by atoms with van der Waals surface area (Å²) in [6.07, 6.45) is 1.67. The van der Waals surface area contributed by atoms with Crippen LogP contribution < -0.4 is 4.90 Å². The van der Waals surface area contributed by atoms with E-state index in [1.165, 1.54) is 23.9 Å². The number of benzene rings is 3. The number of anilines is 1. The number of amides is 1. The standard InChI is InChI=1S/C27H17ClN2O4S/c28-22-15-17(11-13-21(22)26(32)33)23-14-12-20(34-23)16-24-25(31)30(19-9-5-2-6-10-19)27(35-24)29-18-7-3-1-4-8-18/h1-16H,(H,32,33). The number of aromatic carboxylic acids is 1. The van der Waals surface area contributed by atoms with Crippen LogP contribution in [0.5, 0.6) is 0 Å². The normalized spacial score (nSPS) is 15.8. The van der Waals surface area contributed by atoms with Crippen molar-refractivity contribution in [1.29, 1.82) is 0 Å². The van der Waals surface area contributed by atoms with Gasteiger partial charge in [-0.3, -0.25) is 9.69 Å². The molecular weight excluding hydrogens is 484 g/mol. The molecule has 0 aliphatic carbocycles. The number of halogens is 1. The summed E-state index contributed by atoms with van der Waals surface area (Å²) in [5.74, 6) is -0.325. The Balaban J connectivity index is 1.48. The van der Waals surface area contributed by atoms with Crippen molar-refractivity contribution in [3.63, 3.8) is 0 Å². The molecule has 1 N–H and O–H groups in total. The zero-order valence-electron chi connectivity index (χ0n) is 18.1. The maximum atomic E-state index is 13.4. The second-order valence-corrected chi connectivity index (χ2v) is 8.93. The molecule has 1 saturated heterocycles. The third-order valence-electron chi connectivity index (χ3n) is 5.19. The Labute approximate surface area is 210 Å². The molecule has 1 amide bonds. The van der Waals surface area contributed by atoms with Crippen LogP contribution in [0.25, 0.3) is 17.4 Å². The molecule has 1 aliphatic rings. The molecule has 0 spiro atoms. The molecule has 172 valence electrons. The van der Waals surface area contributed by atoms with Gasteiger partial charge in [0.25, 0.3) is 5.91 Å². The number of para-hydroxylation sites is 2. The fourth-order valence-corrected chi connectivity index (χ4v) is 4.77. The van der Waals surface area contributed by atoms with E-state index >= 15 is 0 Å². The number of nitrogens with zero attached hydrogens (tertiary/aromatic N) is 2. The minimum Gasteiger partial charge on any atom is -0.478 e. The summed E-state index contributed by atoms with van der Waals surface area (Å²) in [7, 11) is 0. The Kier molecular flexibility index (Phi) is 6.27. The molecule has 2 heterocycles. The number of carbonyl (C=O) groups is 2. The summed E-state index contributed by atoms with van der Waals surface area (Å²) in [6, 6.07) is 26.9. The second-order valence-electron chi connectivity index (χ2n) is 7.52. The van der Waals surface area contributed by atoms with E-state index in [0.29, 0.717) is 27.2 Å². The number of thioether (sulfide) groups is 1. The Morgan fingerprint density at radius 2 is 1.69 bits per heavy atom. The average molecular weight is 501 g/mol. The highest BCUT2D eigenvalue weighted by atomic mass is 35.5. The van der Waals surface area contributed by atoms with Gasteiger partial charge in [-0.25, -0.2) is 9.79 Å². The van der Waals surface area contributed by atoms with Crippen LogP contribution in [0.4, 0.5) is 11.4 Å². The van der Waals surface area contributed by atoms with Crippen molar-refractivity contribution in [1.82, 2.24) is 0 Å². The van der Waals surface area contributed by atoms with E-state index in [1.807, 2.05) is 60.7 Å². The van der Waals surface area contributed by atoms with Crippen molar-refractivity contribution < 1.29 is 19.1 Å². The van der Waals surface area contributed by atoms with Gasteiger partial charge in [-0.2, -0.15) is 0 Å². The number of amidine groups is 1. The monoisotopic (exact) mass is 500 g/mol. The van der Waals surface area contributed by atoms with Crippen molar-refractivity contribution in [3.8, 4) is 11.3 Å². The summed E-state index contributed by atoms with van der Waals surface area (Å²) in [5.41, 5.74) is 2.11. The quantitative estimate of drug-likeness (QED) is 0.295. The van der Waals surface area contributed by atoms with E-state index in [-0.39, 0.29) is 16.5 Å². The molecule has 3 aromatic carbocycles. The summed E-state index contributed by atoms with van der Waals surface area (Å²) in [6.45, 7) is 0. The lowest BCUT2D eigenvalue weighted by atomic mass is 10.1. The topological polar surface area (TPSA) is 83.1 Å². The predicted octanol–water partition coefficient (Wildman–Crippen LogP) is 7.11. The van der Waals surface area contributed by atoms with Gasteiger partial charge in [-0.1, -0.05) is 54.1 Å². The zero-order valence-corrected chi connectivity index (χ0v) is 19.7. The molecule has 1 aromatic heterocycles. The van der Waals surface area contributed by atoms with Crippen molar-refractivity contribution in [3.05, 3.63) is 112 Å². The van der Waals surface area contributed by atoms with E-state index in [0.717, 1.165) is 11.4 Å². The van der Waals surface area contributed by atoms with Crippen LogP contribution in [0.1, 0.15) is 16.1 Å². The molecule has 0 radical (unpaired) electrons. The predicted molar refractivity (Wildman–Crippen MR) is 139 cm³/mol. The number of furan rings is 1. The highest BCUT2D eigenvalue weighted by Crippen LogP contribution is 2.38. The first-order valence-electron chi connectivity index (χ1n) is 10.6. The molecule has 5 rings (SSSR count). The van der Waals surface area contributed by atoms with Crippen LogP contribution in [-0.2, 0) is 4.79 Å². The highest BCUT2D eigenvalue weighted by Gasteiger charge is 2.35. The number of aliphatic imine (C=N–C) groups is 1. The van der Waals surface area contributed by atoms with E-state index in [2.05, 4.69) is 0 Å². The van der Waals surface area contributed by atoms with Crippen LogP contribution in [0.3, 0.4) is 0 Å². The third kappa shape index (κ3) is 4.77. The van der Waals surface area contributed by atoms with Gasteiger partial charge in [0.2, 0.25) is 0 Å². The largest absolute Gasteiger partial charge is 0.478 e. The Hall–Kier alpha value is -4.07. The lowest BCUT2D eigenvalue weighted by Crippen LogP contribution is -2.28. The maximum Gasteiger partial charge on any atom is 0.337 e. The molecule has 1 fully saturated rings. The van der Waals surface area contributed by atoms with Gasteiger partial charge in [0.05, 0.1) is 26.9 Å². The Morgan fingerprint density at radius 3 is 2.37 bits per heavy atom. The first kappa shape index (κ1) is 22.7. The molecule has 0 atom stereocenters. The van der Waals surface area contributed by atoms with Crippen LogP contribution in [0.2, 0.25) is 5.02 Å². The fraction of sp³-hybridized carbons (Fsp3) is 0. The second kappa shape index (κ2) is 9.66. The highest BCUT2D eigenvalue weighted by molar-refractivity contribution is 8.19. The SMILES string of the molecule is O=C(O)c1ccc(-c2ccc(C=C3SC(=Nc4ccccc4)N(c4ccccc4)C3=O)o2)cc1Cl. The fourth-order valence-electron chi connectivity index (χ4n) is 3.52. The Morgan fingerprint density at radius 1 is 0.971 bits per heavy atom. The minimum atomic E-state index is -1.10. The Bertz CT molecular complexity index is 1480. The van der Waals surface area contributed by atoms with Gasteiger partial charge in [0.1, 0.15) is 11.5 Å². The zero-order chi connectivity index (χ0) is 24.4. The van der Waals surface area contributed by atoms with E-state index < -0.39 is 5.97 Å². The summed E-state index contributed by atoms with van der Waals surface area (Å²) in [5, 5.41) is 9.83. The van der Waals surface area contributed by atoms with Gasteiger partial charge in [0, 0.05) is 11.6 Å². The lowest BCUT2D eigenvalue weighted by molar-refractivity contribution is -0.113. The molecular formula is C27H17ClN2O4S. The molecule has 35 heavy (non-hydrogen) atoms. The van der Waals surface area contributed by atoms with Gasteiger partial charge in [-0.15, -0.1) is 0 Å². The van der Waals surface area contributed by atoms with Crippen molar-refractivity contribution in [2.75, 3.05) is 4.90 Å². The molecule has 0 bridgehead atoms. The van der Waals surface area contributed by atoms with E-state index in [1.54, 1.807) is 29.2 Å². The van der Waals surface area contributed by atoms with E-state index in [4.69, 9.17) is 21.0 Å². The summed E-state index contributed by atoms with van der Waals surface area (Å²) >= 11 is 7.36. The van der Waals surface area contributed by atoms with Crippen LogP contribution in [-0.4, -0.2) is 22.2 Å². The van der Waals surface area contributed by atoms with Crippen LogP contribution >= 0.6 is 23.4 Å². The van der Waals surface area contributed by atoms with Gasteiger partial charge in [-0.05, 0) is 60.3 Å².